The molecule has 1 aromatic carbocycles. The van der Waals surface area contributed by atoms with E-state index in [1.807, 2.05) is 32.0 Å². The van der Waals surface area contributed by atoms with Crippen molar-refractivity contribution in [2.45, 2.75) is 51.9 Å². The lowest BCUT2D eigenvalue weighted by Crippen LogP contribution is -2.40. The van der Waals surface area contributed by atoms with E-state index in [4.69, 9.17) is 4.74 Å². The second kappa shape index (κ2) is 5.61. The summed E-state index contributed by atoms with van der Waals surface area (Å²) in [6.45, 7) is 5.57. The van der Waals surface area contributed by atoms with Crippen LogP contribution in [-0.4, -0.2) is 23.2 Å². The highest BCUT2D eigenvalue weighted by atomic mass is 16.5. The van der Waals surface area contributed by atoms with E-state index in [2.05, 4.69) is 5.32 Å². The summed E-state index contributed by atoms with van der Waals surface area (Å²) in [5.74, 6) is 0.565. The number of aliphatic hydroxyl groups excluding tert-OH is 1. The van der Waals surface area contributed by atoms with E-state index < -0.39 is 6.10 Å². The normalized spacial score (nSPS) is 19.1. The van der Waals surface area contributed by atoms with Crippen LogP contribution in [0.2, 0.25) is 0 Å². The van der Waals surface area contributed by atoms with Crippen LogP contribution in [0, 0.1) is 0 Å². The molecule has 2 atom stereocenters. The van der Waals surface area contributed by atoms with E-state index in [0.29, 0.717) is 5.75 Å². The number of fused-ring (bicyclic) bond motifs is 1. The second-order valence-electron chi connectivity index (χ2n) is 5.34. The van der Waals surface area contributed by atoms with Gasteiger partial charge in [0.05, 0.1) is 6.10 Å². The smallest absolute Gasteiger partial charge is 0.260 e. The summed E-state index contributed by atoms with van der Waals surface area (Å²) in [5.41, 5.74) is 2.09. The molecule has 0 spiro atoms. The van der Waals surface area contributed by atoms with Crippen LogP contribution in [-0.2, 0) is 11.2 Å². The summed E-state index contributed by atoms with van der Waals surface area (Å²) in [4.78, 5) is 11.8. The molecule has 4 heteroatoms. The number of carbonyl (C=O) groups excluding carboxylic acids is 1. The van der Waals surface area contributed by atoms with Crippen molar-refractivity contribution in [3.63, 3.8) is 0 Å². The number of hydrogen-bond acceptors (Lipinski definition) is 3. The fourth-order valence-corrected chi connectivity index (χ4v) is 2.30. The van der Waals surface area contributed by atoms with E-state index in [-0.39, 0.29) is 18.1 Å². The van der Waals surface area contributed by atoms with Crippen LogP contribution in [0.1, 0.15) is 44.4 Å². The Morgan fingerprint density at radius 3 is 2.84 bits per heavy atom. The SMILES string of the molecule is CC(C)NC(=O)C(C)Oc1ccc2c(c1)CCC2O. The summed E-state index contributed by atoms with van der Waals surface area (Å²) in [5, 5.41) is 12.6. The number of nitrogens with one attached hydrogen (secondary N) is 1. The Balaban J connectivity index is 2.02. The lowest BCUT2D eigenvalue weighted by molar-refractivity contribution is -0.127. The molecule has 104 valence electrons. The lowest BCUT2D eigenvalue weighted by atomic mass is 10.1. The zero-order valence-corrected chi connectivity index (χ0v) is 11.6. The fourth-order valence-electron chi connectivity index (χ4n) is 2.30. The zero-order valence-electron chi connectivity index (χ0n) is 11.6. The maximum Gasteiger partial charge on any atom is 0.260 e. The molecular formula is C15H21NO3. The maximum atomic E-state index is 11.8. The van der Waals surface area contributed by atoms with Crippen LogP contribution >= 0.6 is 0 Å². The monoisotopic (exact) mass is 263 g/mol. The van der Waals surface area contributed by atoms with Crippen molar-refractivity contribution in [3.05, 3.63) is 29.3 Å². The van der Waals surface area contributed by atoms with E-state index in [1.165, 1.54) is 0 Å². The van der Waals surface area contributed by atoms with Gasteiger partial charge in [0, 0.05) is 6.04 Å². The molecule has 1 aliphatic rings. The third-order valence-corrected chi connectivity index (χ3v) is 3.27. The van der Waals surface area contributed by atoms with Crippen LogP contribution in [0.5, 0.6) is 5.75 Å². The minimum atomic E-state index is -0.522. The number of rotatable bonds is 4. The summed E-state index contributed by atoms with van der Waals surface area (Å²) in [6.07, 6.45) is 0.750. The van der Waals surface area contributed by atoms with Gasteiger partial charge >= 0.3 is 0 Å². The summed E-state index contributed by atoms with van der Waals surface area (Å²) < 4.78 is 5.64. The van der Waals surface area contributed by atoms with Gasteiger partial charge in [0.25, 0.3) is 5.91 Å². The first-order valence-electron chi connectivity index (χ1n) is 6.75. The van der Waals surface area contributed by atoms with Crippen molar-refractivity contribution in [1.29, 1.82) is 0 Å². The molecule has 1 aliphatic carbocycles. The molecule has 2 unspecified atom stereocenters. The Kier molecular flexibility index (Phi) is 4.10. The number of aliphatic hydroxyl groups is 1. The highest BCUT2D eigenvalue weighted by Crippen LogP contribution is 2.33. The van der Waals surface area contributed by atoms with Crippen molar-refractivity contribution in [2.24, 2.45) is 0 Å². The lowest BCUT2D eigenvalue weighted by Gasteiger charge is -2.17. The molecule has 2 N–H and O–H groups in total. The van der Waals surface area contributed by atoms with Crippen molar-refractivity contribution in [2.75, 3.05) is 0 Å². The van der Waals surface area contributed by atoms with Gasteiger partial charge in [-0.1, -0.05) is 6.07 Å². The number of carbonyl (C=O) groups is 1. The average molecular weight is 263 g/mol. The van der Waals surface area contributed by atoms with Gasteiger partial charge in [-0.2, -0.15) is 0 Å². The molecule has 0 bridgehead atoms. The molecule has 0 radical (unpaired) electrons. The number of aryl methyl sites for hydroxylation is 1. The average Bonchev–Trinajstić information content (AvgIpc) is 2.70. The minimum absolute atomic E-state index is 0.105. The fraction of sp³-hybridized carbons (Fsp3) is 0.533. The first-order valence-corrected chi connectivity index (χ1v) is 6.75. The predicted octanol–water partition coefficient (Wildman–Crippen LogP) is 1.96. The van der Waals surface area contributed by atoms with Crippen LogP contribution in [0.15, 0.2) is 18.2 Å². The highest BCUT2D eigenvalue weighted by Gasteiger charge is 2.21. The molecule has 19 heavy (non-hydrogen) atoms. The molecule has 0 aliphatic heterocycles. The van der Waals surface area contributed by atoms with Gasteiger partial charge in [-0.15, -0.1) is 0 Å². The Morgan fingerprint density at radius 1 is 1.42 bits per heavy atom. The Labute approximate surface area is 113 Å². The highest BCUT2D eigenvalue weighted by molar-refractivity contribution is 5.80. The molecule has 0 saturated heterocycles. The van der Waals surface area contributed by atoms with Gasteiger partial charge in [0.2, 0.25) is 0 Å². The van der Waals surface area contributed by atoms with Crippen LogP contribution < -0.4 is 10.1 Å². The topological polar surface area (TPSA) is 58.6 Å². The standard InChI is InChI=1S/C15H21NO3/c1-9(2)16-15(18)10(3)19-12-5-6-13-11(8-12)4-7-14(13)17/h5-6,8-10,14,17H,4,7H2,1-3H3,(H,16,18). The maximum absolute atomic E-state index is 11.8. The van der Waals surface area contributed by atoms with E-state index in [9.17, 15) is 9.90 Å². The molecule has 2 rings (SSSR count). The summed E-state index contributed by atoms with van der Waals surface area (Å²) in [6, 6.07) is 5.72. The molecular weight excluding hydrogens is 242 g/mol. The number of hydrogen-bond donors (Lipinski definition) is 2. The predicted molar refractivity (Wildman–Crippen MR) is 73.1 cm³/mol. The number of benzene rings is 1. The first kappa shape index (κ1) is 13.9. The van der Waals surface area contributed by atoms with Gasteiger partial charge in [-0.25, -0.2) is 0 Å². The minimum Gasteiger partial charge on any atom is -0.481 e. The number of amides is 1. The van der Waals surface area contributed by atoms with Crippen molar-refractivity contribution in [1.82, 2.24) is 5.32 Å². The van der Waals surface area contributed by atoms with Gasteiger partial charge < -0.3 is 15.2 Å². The van der Waals surface area contributed by atoms with Crippen molar-refractivity contribution >= 4 is 5.91 Å². The summed E-state index contributed by atoms with van der Waals surface area (Å²) in [7, 11) is 0. The van der Waals surface area contributed by atoms with Gasteiger partial charge in [-0.05, 0) is 56.9 Å². The Hall–Kier alpha value is -1.55. The zero-order chi connectivity index (χ0) is 14.0. The van der Waals surface area contributed by atoms with E-state index in [0.717, 1.165) is 24.0 Å². The van der Waals surface area contributed by atoms with E-state index in [1.54, 1.807) is 6.92 Å². The molecule has 0 heterocycles. The molecule has 0 aromatic heterocycles. The van der Waals surface area contributed by atoms with E-state index >= 15 is 0 Å². The summed E-state index contributed by atoms with van der Waals surface area (Å²) >= 11 is 0. The first-order chi connectivity index (χ1) is 8.97. The molecule has 0 fully saturated rings. The molecule has 1 amide bonds. The Morgan fingerprint density at radius 2 is 2.16 bits per heavy atom. The van der Waals surface area contributed by atoms with Gasteiger partial charge in [0.15, 0.2) is 6.10 Å². The van der Waals surface area contributed by atoms with Crippen molar-refractivity contribution < 1.29 is 14.6 Å². The second-order valence-corrected chi connectivity index (χ2v) is 5.34. The molecule has 0 saturated carbocycles. The van der Waals surface area contributed by atoms with Crippen molar-refractivity contribution in [3.8, 4) is 5.75 Å². The molecule has 4 nitrogen and oxygen atoms in total. The Bertz CT molecular complexity index is 470. The molecule has 1 aromatic rings. The van der Waals surface area contributed by atoms with Crippen LogP contribution in [0.4, 0.5) is 0 Å². The largest absolute Gasteiger partial charge is 0.481 e. The quantitative estimate of drug-likeness (QED) is 0.873. The van der Waals surface area contributed by atoms with Crippen LogP contribution in [0.3, 0.4) is 0 Å². The van der Waals surface area contributed by atoms with Gasteiger partial charge in [-0.3, -0.25) is 4.79 Å². The van der Waals surface area contributed by atoms with Gasteiger partial charge in [0.1, 0.15) is 5.75 Å². The third kappa shape index (κ3) is 3.26. The third-order valence-electron chi connectivity index (χ3n) is 3.27. The number of ether oxygens (including phenoxy) is 1. The van der Waals surface area contributed by atoms with Crippen LogP contribution in [0.25, 0.3) is 0 Å².